The number of carbonyl (C=O) groups is 6. The Morgan fingerprint density at radius 2 is 0.547 bits per heavy atom. The van der Waals surface area contributed by atoms with Crippen molar-refractivity contribution < 1.29 is 34.0 Å². The number of hydrogen-bond donors (Lipinski definition) is 1. The van der Waals surface area contributed by atoms with Gasteiger partial charge in [-0.2, -0.15) is 5.06 Å². The smallest absolute Gasteiger partial charge is 0.243 e. The summed E-state index contributed by atoms with van der Waals surface area (Å²) in [7, 11) is 0. The summed E-state index contributed by atoms with van der Waals surface area (Å²) in [5.74, 6) is -3.09. The highest BCUT2D eigenvalue weighted by Crippen LogP contribution is 2.39. The maximum Gasteiger partial charge on any atom is 0.243 e. The molecule has 2 fully saturated rings. The van der Waals surface area contributed by atoms with Gasteiger partial charge in [0.2, 0.25) is 35.4 Å². The Bertz CT molecular complexity index is 2640. The van der Waals surface area contributed by atoms with Gasteiger partial charge in [0.25, 0.3) is 0 Å². The zero-order valence-electron chi connectivity index (χ0n) is 45.1. The maximum atomic E-state index is 15.6. The molecule has 2 heterocycles. The Morgan fingerprint density at radius 1 is 0.347 bits per heavy atom. The van der Waals surface area contributed by atoms with Crippen LogP contribution in [0.4, 0.5) is 0 Å². The average Bonchev–Trinajstić information content (AvgIpc) is 3.42. The molecule has 1 N–H and O–H groups in total. The molecule has 0 bridgehead atoms. The molecule has 14 heteroatoms. The van der Waals surface area contributed by atoms with Crippen molar-refractivity contribution in [1.82, 2.24) is 34.5 Å². The Labute approximate surface area is 443 Å². The van der Waals surface area contributed by atoms with Crippen LogP contribution in [0.25, 0.3) is 0 Å². The van der Waals surface area contributed by atoms with E-state index in [4.69, 9.17) is 0 Å². The molecule has 14 nitrogen and oxygen atoms in total. The summed E-state index contributed by atoms with van der Waals surface area (Å²) >= 11 is 0. The van der Waals surface area contributed by atoms with Gasteiger partial charge in [-0.05, 0) is 103 Å². The van der Waals surface area contributed by atoms with Gasteiger partial charge in [0, 0.05) is 17.1 Å². The summed E-state index contributed by atoms with van der Waals surface area (Å²) in [5, 5.41) is 12.8. The maximum absolute atomic E-state index is 15.6. The van der Waals surface area contributed by atoms with Gasteiger partial charge < -0.3 is 34.6 Å². The quantitative estimate of drug-likeness (QED) is 0.138. The van der Waals surface area contributed by atoms with E-state index in [2.05, 4.69) is 0 Å². The Hall–Kier alpha value is -7.16. The lowest BCUT2D eigenvalue weighted by Crippen LogP contribution is -2.65. The first kappa shape index (κ1) is 55.6. The highest BCUT2D eigenvalue weighted by molar-refractivity contribution is 5.94. The molecule has 0 aliphatic carbocycles. The van der Waals surface area contributed by atoms with Crippen molar-refractivity contribution in [2.75, 3.05) is 39.3 Å². The molecular formula is C61H75N7O7. The number of benzene rings is 5. The first-order chi connectivity index (χ1) is 35.7. The summed E-state index contributed by atoms with van der Waals surface area (Å²) in [5.41, 5.74) is 2.06. The molecule has 5 unspecified atom stereocenters. The third kappa shape index (κ3) is 13.0. The van der Waals surface area contributed by atoms with Crippen LogP contribution in [0.3, 0.4) is 0 Å². The zero-order chi connectivity index (χ0) is 54.2. The Kier molecular flexibility index (Phi) is 17.8. The third-order valence-corrected chi connectivity index (χ3v) is 15.6. The molecule has 6 amide bonds. The summed E-state index contributed by atoms with van der Waals surface area (Å²) in [6.45, 7) is 14.0. The number of carbonyl (C=O) groups excluding carboxylic acids is 6. The van der Waals surface area contributed by atoms with E-state index in [9.17, 15) is 5.21 Å². The largest absolute Gasteiger partial charge is 0.329 e. The molecule has 5 aromatic rings. The first-order valence-corrected chi connectivity index (χ1v) is 26.2. The van der Waals surface area contributed by atoms with Crippen molar-refractivity contribution in [3.8, 4) is 0 Å². The molecular weight excluding hydrogens is 943 g/mol. The number of piperidine rings is 1. The molecule has 2 aliphatic heterocycles. The fraction of sp³-hybridized carbons (Fsp3) is 0.410. The zero-order valence-corrected chi connectivity index (χ0v) is 45.1. The van der Waals surface area contributed by atoms with Crippen LogP contribution in [-0.4, -0.2) is 132 Å². The third-order valence-electron chi connectivity index (χ3n) is 15.6. The minimum absolute atomic E-state index is 0.278. The van der Waals surface area contributed by atoms with Gasteiger partial charge in [-0.3, -0.25) is 28.8 Å². The van der Waals surface area contributed by atoms with Crippen molar-refractivity contribution >= 4 is 35.4 Å². The molecule has 0 aromatic heterocycles. The Morgan fingerprint density at radius 3 is 0.773 bits per heavy atom. The number of nitrogens with zero attached hydrogens (tertiary/aromatic N) is 7. The van der Waals surface area contributed by atoms with Gasteiger partial charge in [-0.25, -0.2) is 0 Å². The molecule has 5 atom stereocenters. The second-order valence-corrected chi connectivity index (χ2v) is 21.6. The van der Waals surface area contributed by atoms with Gasteiger partial charge in [0.1, 0.15) is 39.3 Å². The van der Waals surface area contributed by atoms with E-state index in [0.29, 0.717) is 0 Å². The van der Waals surface area contributed by atoms with Gasteiger partial charge >= 0.3 is 0 Å². The Balaban J connectivity index is 1.42. The van der Waals surface area contributed by atoms with Gasteiger partial charge in [-0.1, -0.05) is 152 Å². The predicted molar refractivity (Wildman–Crippen MR) is 289 cm³/mol. The molecule has 0 spiro atoms. The summed E-state index contributed by atoms with van der Waals surface area (Å²) < 4.78 is 0. The number of amides is 6. The summed E-state index contributed by atoms with van der Waals surface area (Å²) in [6.07, 6.45) is 0.557. The standard InChI is InChI=1S/C61H75N7O7/c1-43(48-25-15-10-16-26-48)62-37-55(70)64(45(3)50-29-19-12-20-30-50)39-57(72)66(47(5)52-33-23-14-24-34-52)41-59(74)67(53-35-60(6,7)68(75)61(8,9)36-53)42-58(73)65(46(4)51-31-21-13-22-32-51)40-56(71)63(38-54(62)69)44(2)49-27-17-11-18-28-49/h10-34,43-47,53,75H,35-42H2,1-9H3. The van der Waals surface area contributed by atoms with Gasteiger partial charge in [0.05, 0.1) is 30.2 Å². The number of hydroxylamine groups is 2. The van der Waals surface area contributed by atoms with E-state index >= 15 is 28.8 Å². The minimum atomic E-state index is -0.845. The SMILES string of the molecule is CC(c1ccccc1)N1CC(=O)N(C2CC(C)(C)N(O)C(C)(C)C2)CC(=O)N(C(C)c2ccccc2)CC(=O)N(C(C)c2ccccc2)CC(=O)N(C(C)c2ccccc2)CC(=O)N(C(C)c2ccccc2)CC1=O. The fourth-order valence-electron chi connectivity index (χ4n) is 11.0. The van der Waals surface area contributed by atoms with Crippen LogP contribution >= 0.6 is 0 Å². The second kappa shape index (κ2) is 24.0. The van der Waals surface area contributed by atoms with Crippen molar-refractivity contribution in [3.05, 3.63) is 179 Å². The lowest BCUT2D eigenvalue weighted by molar-refractivity contribution is -0.251. The van der Waals surface area contributed by atoms with E-state index in [1.54, 1.807) is 0 Å². The molecule has 0 radical (unpaired) electrons. The predicted octanol–water partition coefficient (Wildman–Crippen LogP) is 9.19. The summed E-state index contributed by atoms with van der Waals surface area (Å²) in [6, 6.07) is 42.7. The van der Waals surface area contributed by atoms with Gasteiger partial charge in [-0.15, -0.1) is 0 Å². The minimum Gasteiger partial charge on any atom is -0.329 e. The van der Waals surface area contributed by atoms with E-state index in [1.807, 2.05) is 214 Å². The van der Waals surface area contributed by atoms with Crippen LogP contribution in [0.5, 0.6) is 0 Å². The average molecular weight is 1020 g/mol. The van der Waals surface area contributed by atoms with Crippen LogP contribution in [0, 0.1) is 0 Å². The van der Waals surface area contributed by atoms with Crippen LogP contribution in [0.1, 0.15) is 133 Å². The van der Waals surface area contributed by atoms with Crippen LogP contribution in [-0.2, 0) is 28.8 Å². The second-order valence-electron chi connectivity index (χ2n) is 21.6. The highest BCUT2D eigenvalue weighted by atomic mass is 16.5. The van der Waals surface area contributed by atoms with E-state index in [0.717, 1.165) is 27.8 Å². The normalized spacial score (nSPS) is 20.3. The van der Waals surface area contributed by atoms with Crippen molar-refractivity contribution in [1.29, 1.82) is 0 Å². The molecule has 5 aromatic carbocycles. The fourth-order valence-corrected chi connectivity index (χ4v) is 11.0. The monoisotopic (exact) mass is 1020 g/mol. The van der Waals surface area contributed by atoms with Crippen LogP contribution < -0.4 is 0 Å². The molecule has 7 rings (SSSR count). The molecule has 2 saturated heterocycles. The molecule has 75 heavy (non-hydrogen) atoms. The lowest BCUT2D eigenvalue weighted by atomic mass is 9.78. The van der Waals surface area contributed by atoms with Crippen LogP contribution in [0.2, 0.25) is 0 Å². The van der Waals surface area contributed by atoms with Crippen molar-refractivity contribution in [2.24, 2.45) is 0 Å². The first-order valence-electron chi connectivity index (χ1n) is 26.2. The molecule has 396 valence electrons. The van der Waals surface area contributed by atoms with E-state index < -0.39 is 122 Å². The van der Waals surface area contributed by atoms with Crippen molar-refractivity contribution in [3.63, 3.8) is 0 Å². The van der Waals surface area contributed by atoms with E-state index in [-0.39, 0.29) is 12.8 Å². The van der Waals surface area contributed by atoms with Crippen molar-refractivity contribution in [2.45, 2.75) is 122 Å². The summed E-state index contributed by atoms with van der Waals surface area (Å²) in [4.78, 5) is 102. The van der Waals surface area contributed by atoms with Gasteiger partial charge in [0.15, 0.2) is 0 Å². The lowest BCUT2D eigenvalue weighted by Gasteiger charge is -2.53. The van der Waals surface area contributed by atoms with Crippen LogP contribution in [0.15, 0.2) is 152 Å². The van der Waals surface area contributed by atoms with E-state index in [1.165, 1.54) is 34.5 Å². The number of rotatable bonds is 11. The molecule has 2 aliphatic rings. The highest BCUT2D eigenvalue weighted by Gasteiger charge is 2.48. The number of hydrogen-bond acceptors (Lipinski definition) is 8. The topological polar surface area (TPSA) is 145 Å². The molecule has 0 saturated carbocycles.